The van der Waals surface area contributed by atoms with Gasteiger partial charge in [0.2, 0.25) is 0 Å². The molecule has 2 rings (SSSR count). The van der Waals surface area contributed by atoms with Crippen LogP contribution < -0.4 is 0 Å². The lowest BCUT2D eigenvalue weighted by Gasteiger charge is -2.14. The van der Waals surface area contributed by atoms with Gasteiger partial charge in [0, 0.05) is 0 Å². The molecule has 1 aromatic carbocycles. The Labute approximate surface area is 94.3 Å². The summed E-state index contributed by atoms with van der Waals surface area (Å²) in [5.74, 6) is -0.199. The van der Waals surface area contributed by atoms with Gasteiger partial charge in [0.15, 0.2) is 0 Å². The summed E-state index contributed by atoms with van der Waals surface area (Å²) in [6, 6.07) is 9.39. The van der Waals surface area contributed by atoms with Crippen LogP contribution in [-0.4, -0.2) is 11.1 Å². The zero-order valence-corrected chi connectivity index (χ0v) is 8.89. The number of carbonyl (C=O) groups is 1. The Kier molecular flexibility index (Phi) is 2.91. The molecule has 1 saturated carbocycles. The topological polar surface area (TPSA) is 61.1 Å². The standard InChI is InChI=1S/C13H13NO2/c14-8-9-2-1-3-11(6-9)12(7-13(15)16)10-4-5-10/h1-3,6,10,12H,4-5,7H2,(H,15,16). The van der Waals surface area contributed by atoms with Gasteiger partial charge in [-0.05, 0) is 42.4 Å². The van der Waals surface area contributed by atoms with Crippen molar-refractivity contribution in [3.05, 3.63) is 35.4 Å². The van der Waals surface area contributed by atoms with Crippen molar-refractivity contribution in [2.24, 2.45) is 5.92 Å². The number of carboxylic acids is 1. The van der Waals surface area contributed by atoms with E-state index < -0.39 is 5.97 Å². The molecular weight excluding hydrogens is 202 g/mol. The third-order valence-corrected chi connectivity index (χ3v) is 3.03. The molecule has 0 heterocycles. The monoisotopic (exact) mass is 215 g/mol. The fourth-order valence-electron chi connectivity index (χ4n) is 2.08. The summed E-state index contributed by atoms with van der Waals surface area (Å²) >= 11 is 0. The molecule has 0 saturated heterocycles. The van der Waals surface area contributed by atoms with E-state index in [0.29, 0.717) is 11.5 Å². The Morgan fingerprint density at radius 3 is 2.88 bits per heavy atom. The molecule has 0 amide bonds. The highest BCUT2D eigenvalue weighted by atomic mass is 16.4. The molecule has 0 spiro atoms. The van der Waals surface area contributed by atoms with Crippen molar-refractivity contribution in [3.8, 4) is 6.07 Å². The van der Waals surface area contributed by atoms with Crippen molar-refractivity contribution in [1.82, 2.24) is 0 Å². The van der Waals surface area contributed by atoms with Gasteiger partial charge in [-0.25, -0.2) is 0 Å². The normalized spacial score (nSPS) is 16.4. The lowest BCUT2D eigenvalue weighted by atomic mass is 9.90. The highest BCUT2D eigenvalue weighted by Crippen LogP contribution is 2.44. The third-order valence-electron chi connectivity index (χ3n) is 3.03. The highest BCUT2D eigenvalue weighted by Gasteiger charge is 2.33. The van der Waals surface area contributed by atoms with Gasteiger partial charge in [0.1, 0.15) is 0 Å². The largest absolute Gasteiger partial charge is 0.481 e. The van der Waals surface area contributed by atoms with E-state index in [1.54, 1.807) is 6.07 Å². The Hall–Kier alpha value is -1.82. The zero-order chi connectivity index (χ0) is 11.5. The van der Waals surface area contributed by atoms with E-state index >= 15 is 0 Å². The number of hydrogen-bond acceptors (Lipinski definition) is 2. The first-order chi connectivity index (χ1) is 7.70. The van der Waals surface area contributed by atoms with Crippen LogP contribution in [0.3, 0.4) is 0 Å². The van der Waals surface area contributed by atoms with E-state index in [-0.39, 0.29) is 12.3 Å². The molecular formula is C13H13NO2. The maximum absolute atomic E-state index is 10.8. The van der Waals surface area contributed by atoms with Crippen molar-refractivity contribution in [2.45, 2.75) is 25.2 Å². The predicted octanol–water partition coefficient (Wildman–Crippen LogP) is 2.53. The van der Waals surface area contributed by atoms with Gasteiger partial charge >= 0.3 is 5.97 Å². The SMILES string of the molecule is N#Cc1cccc(C(CC(=O)O)C2CC2)c1. The summed E-state index contributed by atoms with van der Waals surface area (Å²) in [5.41, 5.74) is 1.59. The lowest BCUT2D eigenvalue weighted by Crippen LogP contribution is -2.08. The van der Waals surface area contributed by atoms with Crippen molar-refractivity contribution in [3.63, 3.8) is 0 Å². The molecule has 1 aromatic rings. The fourth-order valence-corrected chi connectivity index (χ4v) is 2.08. The van der Waals surface area contributed by atoms with E-state index in [2.05, 4.69) is 6.07 Å². The van der Waals surface area contributed by atoms with Crippen molar-refractivity contribution in [1.29, 1.82) is 5.26 Å². The summed E-state index contributed by atoms with van der Waals surface area (Å²) in [6.07, 6.45) is 2.38. The van der Waals surface area contributed by atoms with Crippen LogP contribution >= 0.6 is 0 Å². The minimum Gasteiger partial charge on any atom is -0.481 e. The Bertz CT molecular complexity index is 443. The quantitative estimate of drug-likeness (QED) is 0.839. The maximum Gasteiger partial charge on any atom is 0.303 e. The first-order valence-electron chi connectivity index (χ1n) is 5.42. The van der Waals surface area contributed by atoms with Gasteiger partial charge in [-0.15, -0.1) is 0 Å². The predicted molar refractivity (Wildman–Crippen MR) is 58.9 cm³/mol. The summed E-state index contributed by atoms with van der Waals surface area (Å²) < 4.78 is 0. The van der Waals surface area contributed by atoms with Crippen LogP contribution in [0.15, 0.2) is 24.3 Å². The van der Waals surface area contributed by atoms with Gasteiger partial charge in [-0.1, -0.05) is 12.1 Å². The number of rotatable bonds is 4. The van der Waals surface area contributed by atoms with Crippen LogP contribution in [0.25, 0.3) is 0 Å². The average molecular weight is 215 g/mol. The van der Waals surface area contributed by atoms with Gasteiger partial charge in [-0.2, -0.15) is 5.26 Å². The lowest BCUT2D eigenvalue weighted by molar-refractivity contribution is -0.137. The second kappa shape index (κ2) is 4.36. The molecule has 1 unspecified atom stereocenters. The van der Waals surface area contributed by atoms with Crippen LogP contribution in [0.5, 0.6) is 0 Å². The summed E-state index contributed by atoms with van der Waals surface area (Å²) in [5, 5.41) is 17.7. The van der Waals surface area contributed by atoms with Gasteiger partial charge < -0.3 is 5.11 Å². The Balaban J connectivity index is 2.24. The first kappa shape index (κ1) is 10.7. The second-order valence-electron chi connectivity index (χ2n) is 4.28. The number of nitriles is 1. The molecule has 1 fully saturated rings. The second-order valence-corrected chi connectivity index (χ2v) is 4.28. The first-order valence-corrected chi connectivity index (χ1v) is 5.42. The van der Waals surface area contributed by atoms with Crippen LogP contribution in [-0.2, 0) is 4.79 Å². The van der Waals surface area contributed by atoms with Crippen LogP contribution in [0, 0.1) is 17.2 Å². The molecule has 82 valence electrons. The van der Waals surface area contributed by atoms with Crippen LogP contribution in [0.4, 0.5) is 0 Å². The third kappa shape index (κ3) is 2.40. The molecule has 1 atom stereocenters. The van der Waals surface area contributed by atoms with Gasteiger partial charge in [0.05, 0.1) is 18.1 Å². The average Bonchev–Trinajstić information content (AvgIpc) is 3.09. The van der Waals surface area contributed by atoms with Crippen molar-refractivity contribution in [2.75, 3.05) is 0 Å². The Morgan fingerprint density at radius 2 is 2.31 bits per heavy atom. The smallest absolute Gasteiger partial charge is 0.303 e. The maximum atomic E-state index is 10.8. The number of carboxylic acid groups (broad SMARTS) is 1. The Morgan fingerprint density at radius 1 is 1.56 bits per heavy atom. The minimum absolute atomic E-state index is 0.0748. The van der Waals surface area contributed by atoms with E-state index in [1.165, 1.54) is 0 Å². The van der Waals surface area contributed by atoms with E-state index in [1.807, 2.05) is 18.2 Å². The molecule has 0 bridgehead atoms. The molecule has 0 radical (unpaired) electrons. The number of hydrogen-bond donors (Lipinski definition) is 1. The summed E-state index contributed by atoms with van der Waals surface area (Å²) in [7, 11) is 0. The highest BCUT2D eigenvalue weighted by molar-refractivity contribution is 5.68. The number of nitrogens with zero attached hydrogens (tertiary/aromatic N) is 1. The zero-order valence-electron chi connectivity index (χ0n) is 8.89. The number of benzene rings is 1. The fraction of sp³-hybridized carbons (Fsp3) is 0.385. The minimum atomic E-state index is -0.765. The molecule has 0 aliphatic heterocycles. The molecule has 1 N–H and O–H groups in total. The van der Waals surface area contributed by atoms with Crippen molar-refractivity contribution < 1.29 is 9.90 Å². The molecule has 1 aliphatic carbocycles. The van der Waals surface area contributed by atoms with E-state index in [4.69, 9.17) is 10.4 Å². The van der Waals surface area contributed by atoms with Gasteiger partial charge in [0.25, 0.3) is 0 Å². The number of aliphatic carboxylic acids is 1. The van der Waals surface area contributed by atoms with Crippen LogP contribution in [0.2, 0.25) is 0 Å². The summed E-state index contributed by atoms with van der Waals surface area (Å²) in [4.78, 5) is 10.8. The molecule has 3 nitrogen and oxygen atoms in total. The molecule has 16 heavy (non-hydrogen) atoms. The molecule has 0 aromatic heterocycles. The van der Waals surface area contributed by atoms with E-state index in [9.17, 15) is 4.79 Å². The van der Waals surface area contributed by atoms with Crippen molar-refractivity contribution >= 4 is 5.97 Å². The molecule has 1 aliphatic rings. The molecule has 3 heteroatoms. The van der Waals surface area contributed by atoms with Gasteiger partial charge in [-0.3, -0.25) is 4.79 Å². The van der Waals surface area contributed by atoms with Crippen LogP contribution in [0.1, 0.15) is 36.3 Å². The summed E-state index contributed by atoms with van der Waals surface area (Å²) in [6.45, 7) is 0. The van der Waals surface area contributed by atoms with E-state index in [0.717, 1.165) is 18.4 Å².